The normalized spacial score (nSPS) is 15.5. The van der Waals surface area contributed by atoms with Crippen LogP contribution in [0.25, 0.3) is 10.9 Å². The maximum absolute atomic E-state index is 11.0. The molecule has 1 N–H and O–H groups in total. The van der Waals surface area contributed by atoms with Crippen LogP contribution in [0.2, 0.25) is 5.02 Å². The van der Waals surface area contributed by atoms with Gasteiger partial charge in [-0.25, -0.2) is 4.79 Å². The third kappa shape index (κ3) is 2.87. The Labute approximate surface area is 140 Å². The molecule has 7 heteroatoms. The first-order valence-corrected chi connectivity index (χ1v) is 7.98. The number of rotatable bonds is 1. The molecule has 1 fully saturated rings. The van der Waals surface area contributed by atoms with Crippen LogP contribution in [0.1, 0.15) is 0 Å². The Morgan fingerprint density at radius 3 is 2.67 bits per heavy atom. The number of nitrogens with zero attached hydrogens (tertiary/aromatic N) is 3. The van der Waals surface area contributed by atoms with Crippen molar-refractivity contribution in [1.29, 1.82) is 0 Å². The summed E-state index contributed by atoms with van der Waals surface area (Å²) in [5.41, 5.74) is 1.94. The van der Waals surface area contributed by atoms with Crippen molar-refractivity contribution in [2.24, 2.45) is 0 Å². The third-order valence-corrected chi connectivity index (χ3v) is 5.18. The molecule has 1 aromatic carbocycles. The predicted molar refractivity (Wildman–Crippen MR) is 91.3 cm³/mol. The molecule has 0 radical (unpaired) electrons. The molecule has 0 saturated carbocycles. The molecule has 21 heavy (non-hydrogen) atoms. The van der Waals surface area contributed by atoms with E-state index in [1.165, 1.54) is 4.90 Å². The average molecular weight is 418 g/mol. The number of hydrogen-bond donors (Lipinski definition) is 1. The summed E-state index contributed by atoms with van der Waals surface area (Å²) in [6.07, 6.45) is 0.917. The van der Waals surface area contributed by atoms with Crippen LogP contribution in [0, 0.1) is 3.57 Å². The maximum Gasteiger partial charge on any atom is 0.407 e. The smallest absolute Gasteiger partial charge is 0.407 e. The van der Waals surface area contributed by atoms with E-state index in [0.29, 0.717) is 31.2 Å². The van der Waals surface area contributed by atoms with Crippen molar-refractivity contribution in [2.75, 3.05) is 31.1 Å². The van der Waals surface area contributed by atoms with Crippen LogP contribution in [0.15, 0.2) is 24.4 Å². The molecule has 3 rings (SSSR count). The molecule has 1 aliphatic heterocycles. The van der Waals surface area contributed by atoms with E-state index in [9.17, 15) is 4.79 Å². The van der Waals surface area contributed by atoms with Gasteiger partial charge in [0.2, 0.25) is 0 Å². The highest BCUT2D eigenvalue weighted by Crippen LogP contribution is 2.31. The molecule has 0 bridgehead atoms. The fraction of sp³-hybridized carbons (Fsp3) is 0.286. The van der Waals surface area contributed by atoms with Gasteiger partial charge in [-0.3, -0.25) is 4.98 Å². The zero-order valence-electron chi connectivity index (χ0n) is 11.1. The molecule has 110 valence electrons. The lowest BCUT2D eigenvalue weighted by Gasteiger charge is -2.35. The van der Waals surface area contributed by atoms with Crippen molar-refractivity contribution >= 4 is 56.9 Å². The van der Waals surface area contributed by atoms with Gasteiger partial charge in [-0.1, -0.05) is 11.6 Å². The fourth-order valence-corrected chi connectivity index (χ4v) is 3.17. The standard InChI is InChI=1S/C14H13ClIN3O2/c15-10-8-12-9(7-11(10)16)13(1-2-17-12)18-3-5-19(6-4-18)14(20)21/h1-2,7-8H,3-6H2,(H,20,21). The molecule has 2 aromatic rings. The van der Waals surface area contributed by atoms with Crippen molar-refractivity contribution < 1.29 is 9.90 Å². The molecular weight excluding hydrogens is 405 g/mol. The van der Waals surface area contributed by atoms with Crippen LogP contribution < -0.4 is 4.90 Å². The summed E-state index contributed by atoms with van der Waals surface area (Å²) in [6.45, 7) is 2.41. The minimum atomic E-state index is -0.851. The van der Waals surface area contributed by atoms with Gasteiger partial charge >= 0.3 is 6.09 Å². The lowest BCUT2D eigenvalue weighted by Crippen LogP contribution is -2.48. The second-order valence-corrected chi connectivity index (χ2v) is 6.44. The number of pyridine rings is 1. The fourth-order valence-electron chi connectivity index (χ4n) is 2.54. The van der Waals surface area contributed by atoms with Gasteiger partial charge in [0.15, 0.2) is 0 Å². The Morgan fingerprint density at radius 1 is 1.29 bits per heavy atom. The summed E-state index contributed by atoms with van der Waals surface area (Å²) in [4.78, 5) is 19.0. The maximum atomic E-state index is 11.0. The number of piperazine rings is 1. The molecule has 0 atom stereocenters. The van der Waals surface area contributed by atoms with Gasteiger partial charge in [0.1, 0.15) is 0 Å². The molecule has 1 saturated heterocycles. The second kappa shape index (κ2) is 5.84. The van der Waals surface area contributed by atoms with E-state index in [1.807, 2.05) is 18.2 Å². The number of halogens is 2. The first kappa shape index (κ1) is 14.6. The van der Waals surface area contributed by atoms with Gasteiger partial charge in [0.05, 0.1) is 10.5 Å². The van der Waals surface area contributed by atoms with Crippen LogP contribution in [-0.2, 0) is 0 Å². The quantitative estimate of drug-likeness (QED) is 0.724. The first-order chi connectivity index (χ1) is 10.1. The lowest BCUT2D eigenvalue weighted by molar-refractivity contribution is 0.142. The van der Waals surface area contributed by atoms with Gasteiger partial charge in [0, 0.05) is 47.0 Å². The van der Waals surface area contributed by atoms with Crippen LogP contribution >= 0.6 is 34.2 Å². The van der Waals surface area contributed by atoms with Crippen LogP contribution in [-0.4, -0.2) is 47.3 Å². The van der Waals surface area contributed by atoms with Crippen LogP contribution in [0.4, 0.5) is 10.5 Å². The number of hydrogen-bond acceptors (Lipinski definition) is 3. The van der Waals surface area contributed by atoms with E-state index in [0.717, 1.165) is 20.2 Å². The summed E-state index contributed by atoms with van der Waals surface area (Å²) in [5.74, 6) is 0. The van der Waals surface area contributed by atoms with Gasteiger partial charge in [-0.05, 0) is 40.8 Å². The van der Waals surface area contributed by atoms with Crippen LogP contribution in [0.3, 0.4) is 0 Å². The summed E-state index contributed by atoms with van der Waals surface area (Å²) in [7, 11) is 0. The first-order valence-electron chi connectivity index (χ1n) is 6.53. The van der Waals surface area contributed by atoms with Crippen molar-refractivity contribution in [2.45, 2.75) is 0 Å². The Bertz CT molecular complexity index is 702. The van der Waals surface area contributed by atoms with Gasteiger partial charge in [-0.2, -0.15) is 0 Å². The Hall–Kier alpha value is -1.28. The van der Waals surface area contributed by atoms with E-state index in [-0.39, 0.29) is 0 Å². The number of benzene rings is 1. The molecule has 1 amide bonds. The van der Waals surface area contributed by atoms with E-state index in [4.69, 9.17) is 16.7 Å². The summed E-state index contributed by atoms with van der Waals surface area (Å²) < 4.78 is 0.986. The molecule has 0 aliphatic carbocycles. The van der Waals surface area contributed by atoms with Crippen LogP contribution in [0.5, 0.6) is 0 Å². The highest BCUT2D eigenvalue weighted by Gasteiger charge is 2.21. The SMILES string of the molecule is O=C(O)N1CCN(c2ccnc3cc(Cl)c(I)cc23)CC1. The molecule has 0 unspecified atom stereocenters. The Balaban J connectivity index is 1.94. The van der Waals surface area contributed by atoms with E-state index < -0.39 is 6.09 Å². The molecule has 5 nitrogen and oxygen atoms in total. The van der Waals surface area contributed by atoms with Gasteiger partial charge in [-0.15, -0.1) is 0 Å². The van der Waals surface area contributed by atoms with E-state index in [1.54, 1.807) is 6.20 Å². The number of aromatic nitrogens is 1. The highest BCUT2D eigenvalue weighted by molar-refractivity contribution is 14.1. The van der Waals surface area contributed by atoms with Crippen molar-refractivity contribution in [3.63, 3.8) is 0 Å². The molecular formula is C14H13ClIN3O2. The number of fused-ring (bicyclic) bond motifs is 1. The zero-order valence-corrected chi connectivity index (χ0v) is 14.0. The number of amides is 1. The molecule has 1 aliphatic rings. The van der Waals surface area contributed by atoms with Gasteiger partial charge in [0.25, 0.3) is 0 Å². The largest absolute Gasteiger partial charge is 0.465 e. The Kier molecular flexibility index (Phi) is 4.08. The molecule has 1 aromatic heterocycles. The minimum Gasteiger partial charge on any atom is -0.465 e. The topological polar surface area (TPSA) is 56.7 Å². The van der Waals surface area contributed by atoms with Crippen molar-refractivity contribution in [1.82, 2.24) is 9.88 Å². The summed E-state index contributed by atoms with van der Waals surface area (Å²) >= 11 is 8.35. The number of carboxylic acid groups (broad SMARTS) is 1. The highest BCUT2D eigenvalue weighted by atomic mass is 127. The second-order valence-electron chi connectivity index (χ2n) is 4.87. The minimum absolute atomic E-state index is 0.518. The zero-order chi connectivity index (χ0) is 15.0. The number of anilines is 1. The molecule has 0 spiro atoms. The lowest BCUT2D eigenvalue weighted by atomic mass is 10.1. The number of carbonyl (C=O) groups is 1. The predicted octanol–water partition coefficient (Wildman–Crippen LogP) is 3.29. The van der Waals surface area contributed by atoms with Crippen molar-refractivity contribution in [3.8, 4) is 0 Å². The Morgan fingerprint density at radius 2 is 2.00 bits per heavy atom. The summed E-state index contributed by atoms with van der Waals surface area (Å²) in [6, 6.07) is 5.88. The van der Waals surface area contributed by atoms with Crippen molar-refractivity contribution in [3.05, 3.63) is 33.0 Å². The van der Waals surface area contributed by atoms with E-state index >= 15 is 0 Å². The molecule has 2 heterocycles. The monoisotopic (exact) mass is 417 g/mol. The van der Waals surface area contributed by atoms with E-state index in [2.05, 4.69) is 32.5 Å². The summed E-state index contributed by atoms with van der Waals surface area (Å²) in [5, 5.41) is 10.8. The van der Waals surface area contributed by atoms with Gasteiger partial charge < -0.3 is 14.9 Å². The third-order valence-electron chi connectivity index (χ3n) is 3.65. The average Bonchev–Trinajstić information content (AvgIpc) is 2.48.